The zero-order chi connectivity index (χ0) is 31.5. The third kappa shape index (κ3) is 4.46. The Morgan fingerprint density at radius 3 is 1.74 bits per heavy atom. The molecule has 222 valence electrons. The molecular weight excluding hydrogens is 585 g/mol. The summed E-state index contributed by atoms with van der Waals surface area (Å²) in [5.74, 6) is 0.796. The molecular formula is C44H32N2Si. The van der Waals surface area contributed by atoms with Gasteiger partial charge in [0.2, 0.25) is 0 Å². The topological polar surface area (TPSA) is 25.8 Å². The fourth-order valence-corrected chi connectivity index (χ4v) is 10.8. The molecule has 0 bridgehead atoms. The Kier molecular flexibility index (Phi) is 6.31. The number of aromatic nitrogens is 2. The monoisotopic (exact) mass is 616 g/mol. The van der Waals surface area contributed by atoms with E-state index < -0.39 is 8.07 Å². The molecule has 2 nitrogen and oxygen atoms in total. The highest BCUT2D eigenvalue weighted by Gasteiger charge is 2.43. The normalized spacial score (nSPS) is 13.1. The summed E-state index contributed by atoms with van der Waals surface area (Å²) in [7, 11) is -2.22. The Bertz CT molecular complexity index is 2490. The average molecular weight is 617 g/mol. The second kappa shape index (κ2) is 10.7. The van der Waals surface area contributed by atoms with Gasteiger partial charge in [-0.2, -0.15) is 0 Å². The minimum Gasteiger partial charge on any atom is -0.237 e. The van der Waals surface area contributed by atoms with E-state index >= 15 is 0 Å². The van der Waals surface area contributed by atoms with Crippen molar-refractivity contribution in [1.29, 1.82) is 0 Å². The van der Waals surface area contributed by atoms with Crippen molar-refractivity contribution in [3.63, 3.8) is 0 Å². The van der Waals surface area contributed by atoms with E-state index in [2.05, 4.69) is 171 Å². The minimum atomic E-state index is -2.22. The van der Waals surface area contributed by atoms with E-state index in [4.69, 9.17) is 9.97 Å². The minimum absolute atomic E-state index is 0.796. The van der Waals surface area contributed by atoms with Crippen LogP contribution in [0.4, 0.5) is 0 Å². The molecule has 1 aliphatic rings. The standard InChI is InChI=1S/C44H32N2Si/c1-47(2)42-37-23-9-7-16-31(37)25-26-39(42)40-41(45-43(46-44(40)47)38-24-12-17-30-15-6-8-22-36(30)38)35-21-11-20-34(28-35)33-19-10-18-32(27-33)29-13-4-3-5-14-29/h3-28H,1-2H3. The molecule has 0 aliphatic carbocycles. The maximum absolute atomic E-state index is 5.51. The molecule has 1 aliphatic heterocycles. The average Bonchev–Trinajstić information content (AvgIpc) is 3.37. The third-order valence-corrected chi connectivity index (χ3v) is 13.1. The van der Waals surface area contributed by atoms with Gasteiger partial charge in [-0.3, -0.25) is 0 Å². The van der Waals surface area contributed by atoms with Crippen LogP contribution in [-0.4, -0.2) is 18.0 Å². The van der Waals surface area contributed by atoms with Crippen molar-refractivity contribution < 1.29 is 0 Å². The zero-order valence-electron chi connectivity index (χ0n) is 26.4. The van der Waals surface area contributed by atoms with Gasteiger partial charge in [0, 0.05) is 22.0 Å². The van der Waals surface area contributed by atoms with Gasteiger partial charge in [-0.05, 0) is 66.7 Å². The van der Waals surface area contributed by atoms with Crippen LogP contribution >= 0.6 is 0 Å². The van der Waals surface area contributed by atoms with Crippen molar-refractivity contribution in [2.24, 2.45) is 0 Å². The number of benzene rings is 7. The lowest BCUT2D eigenvalue weighted by atomic mass is 9.94. The molecule has 8 aromatic rings. The van der Waals surface area contributed by atoms with E-state index in [0.717, 1.165) is 22.6 Å². The van der Waals surface area contributed by atoms with Crippen molar-refractivity contribution >= 4 is 40.1 Å². The molecule has 0 saturated carbocycles. The van der Waals surface area contributed by atoms with Gasteiger partial charge >= 0.3 is 0 Å². The Balaban J connectivity index is 1.30. The lowest BCUT2D eigenvalue weighted by molar-refractivity contribution is 1.21. The van der Waals surface area contributed by atoms with Gasteiger partial charge in [-0.15, -0.1) is 0 Å². The molecule has 0 N–H and O–H groups in total. The molecule has 3 heteroatoms. The van der Waals surface area contributed by atoms with Crippen LogP contribution in [0.1, 0.15) is 0 Å². The third-order valence-electron chi connectivity index (χ3n) is 9.79. The molecule has 0 saturated heterocycles. The fraction of sp³-hybridized carbons (Fsp3) is 0.0455. The molecule has 0 fully saturated rings. The van der Waals surface area contributed by atoms with Crippen LogP contribution in [0.3, 0.4) is 0 Å². The highest BCUT2D eigenvalue weighted by atomic mass is 28.3. The van der Waals surface area contributed by atoms with E-state index in [-0.39, 0.29) is 0 Å². The number of fused-ring (bicyclic) bond motifs is 6. The van der Waals surface area contributed by atoms with Crippen molar-refractivity contribution in [1.82, 2.24) is 9.97 Å². The van der Waals surface area contributed by atoms with Gasteiger partial charge in [-0.1, -0.05) is 159 Å². The van der Waals surface area contributed by atoms with Crippen LogP contribution in [0.25, 0.3) is 77.6 Å². The zero-order valence-corrected chi connectivity index (χ0v) is 27.4. The van der Waals surface area contributed by atoms with Crippen LogP contribution in [0, 0.1) is 0 Å². The number of nitrogens with zero attached hydrogens (tertiary/aromatic N) is 2. The first-order chi connectivity index (χ1) is 23.1. The maximum atomic E-state index is 5.51. The van der Waals surface area contributed by atoms with Gasteiger partial charge in [0.25, 0.3) is 0 Å². The van der Waals surface area contributed by atoms with Crippen molar-refractivity contribution in [3.8, 4) is 56.0 Å². The molecule has 2 heterocycles. The van der Waals surface area contributed by atoms with Crippen LogP contribution in [0.2, 0.25) is 13.1 Å². The second-order valence-electron chi connectivity index (χ2n) is 13.0. The van der Waals surface area contributed by atoms with Crippen LogP contribution < -0.4 is 10.5 Å². The fourth-order valence-electron chi connectivity index (χ4n) is 7.54. The van der Waals surface area contributed by atoms with Gasteiger partial charge in [0.1, 0.15) is 8.07 Å². The number of hydrogen-bond acceptors (Lipinski definition) is 2. The predicted octanol–water partition coefficient (Wildman–Crippen LogP) is 10.3. The van der Waals surface area contributed by atoms with E-state index in [9.17, 15) is 0 Å². The molecule has 7 aromatic carbocycles. The highest BCUT2D eigenvalue weighted by Crippen LogP contribution is 2.40. The van der Waals surface area contributed by atoms with Crippen molar-refractivity contribution in [2.45, 2.75) is 13.1 Å². The summed E-state index contributed by atoms with van der Waals surface area (Å²) in [4.78, 5) is 11.0. The summed E-state index contributed by atoms with van der Waals surface area (Å²) in [6.07, 6.45) is 0. The summed E-state index contributed by atoms with van der Waals surface area (Å²) in [5, 5.41) is 7.67. The molecule has 0 amide bonds. The first-order valence-corrected chi connectivity index (χ1v) is 19.3. The van der Waals surface area contributed by atoms with Gasteiger partial charge in [0.15, 0.2) is 5.82 Å². The molecule has 0 spiro atoms. The Morgan fingerprint density at radius 2 is 0.979 bits per heavy atom. The van der Waals surface area contributed by atoms with Crippen molar-refractivity contribution in [2.75, 3.05) is 0 Å². The summed E-state index contributed by atoms with van der Waals surface area (Å²) >= 11 is 0. The summed E-state index contributed by atoms with van der Waals surface area (Å²) < 4.78 is 0. The summed E-state index contributed by atoms with van der Waals surface area (Å²) in [5.41, 5.74) is 10.5. The van der Waals surface area contributed by atoms with Crippen LogP contribution in [0.15, 0.2) is 158 Å². The van der Waals surface area contributed by atoms with Crippen LogP contribution in [0.5, 0.6) is 0 Å². The van der Waals surface area contributed by atoms with E-state index in [1.165, 1.54) is 65.4 Å². The van der Waals surface area contributed by atoms with Gasteiger partial charge in [-0.25, -0.2) is 9.97 Å². The van der Waals surface area contributed by atoms with E-state index in [1.807, 2.05) is 0 Å². The quantitative estimate of drug-likeness (QED) is 0.184. The van der Waals surface area contributed by atoms with E-state index in [0.29, 0.717) is 0 Å². The largest absolute Gasteiger partial charge is 0.237 e. The molecule has 0 atom stereocenters. The highest BCUT2D eigenvalue weighted by molar-refractivity contribution is 7.04. The number of hydrogen-bond donors (Lipinski definition) is 0. The van der Waals surface area contributed by atoms with Gasteiger partial charge < -0.3 is 0 Å². The van der Waals surface area contributed by atoms with E-state index in [1.54, 1.807) is 0 Å². The first-order valence-electron chi connectivity index (χ1n) is 16.3. The maximum Gasteiger partial charge on any atom is 0.160 e. The van der Waals surface area contributed by atoms with Crippen LogP contribution in [-0.2, 0) is 0 Å². The second-order valence-corrected chi connectivity index (χ2v) is 17.2. The molecule has 0 radical (unpaired) electrons. The summed E-state index contributed by atoms with van der Waals surface area (Å²) in [6.45, 7) is 4.92. The predicted molar refractivity (Wildman–Crippen MR) is 201 cm³/mol. The smallest absolute Gasteiger partial charge is 0.160 e. The lowest BCUT2D eigenvalue weighted by Gasteiger charge is -2.20. The molecule has 0 unspecified atom stereocenters. The lowest BCUT2D eigenvalue weighted by Crippen LogP contribution is -2.51. The van der Waals surface area contributed by atoms with Crippen molar-refractivity contribution in [3.05, 3.63) is 158 Å². The molecule has 47 heavy (non-hydrogen) atoms. The van der Waals surface area contributed by atoms with Gasteiger partial charge in [0.05, 0.1) is 5.69 Å². The Hall–Kier alpha value is -5.64. The molecule has 1 aromatic heterocycles. The first kappa shape index (κ1) is 27.6. The number of rotatable bonds is 4. The summed E-state index contributed by atoms with van der Waals surface area (Å²) in [6, 6.07) is 56.7. The molecule has 9 rings (SSSR count). The SMILES string of the molecule is C[Si]1(C)c2nc(-c3cccc4ccccc34)nc(-c3cccc(-c4cccc(-c5ccccc5)c4)c3)c2-c2ccc3ccccc3c21. The Labute approximate surface area is 276 Å². The Morgan fingerprint density at radius 1 is 0.426 bits per heavy atom.